The van der Waals surface area contributed by atoms with Crippen molar-refractivity contribution >= 4 is 52.3 Å². The van der Waals surface area contributed by atoms with E-state index in [4.69, 9.17) is 21.1 Å². The number of rotatable bonds is 13. The standard InChI is InChI=1S/C32H36ClN5O6/c1-4-14-34-29(39)13-12-25-32(42)37-26-17-27(35-30(40)19-43-18-20-8-10-21(33)11-9-20)28(16-24(26)31(41)36-25)44-23-7-5-6-22(15-23)38(2)3/h5-11,15-17,25H,4,12-14,18-19H2,1-3H3,(H,34,39)(H,35,40)(H,36,41)(H,37,42)/t25-/m1/s1. The summed E-state index contributed by atoms with van der Waals surface area (Å²) in [7, 11) is 3.79. The molecule has 11 nitrogen and oxygen atoms in total. The van der Waals surface area contributed by atoms with Crippen LogP contribution in [-0.2, 0) is 25.7 Å². The summed E-state index contributed by atoms with van der Waals surface area (Å²) < 4.78 is 11.7. The summed E-state index contributed by atoms with van der Waals surface area (Å²) in [6.45, 7) is 2.42. The Morgan fingerprint density at radius 1 is 1.02 bits per heavy atom. The zero-order valence-electron chi connectivity index (χ0n) is 24.9. The first-order chi connectivity index (χ1) is 21.1. The van der Waals surface area contributed by atoms with Crippen LogP contribution in [0.2, 0.25) is 5.02 Å². The third-order valence-electron chi connectivity index (χ3n) is 6.73. The minimum atomic E-state index is -0.928. The minimum absolute atomic E-state index is 0.0720. The monoisotopic (exact) mass is 621 g/mol. The molecule has 0 unspecified atom stereocenters. The van der Waals surface area contributed by atoms with E-state index in [1.165, 1.54) is 12.1 Å². The van der Waals surface area contributed by atoms with Crippen LogP contribution in [0.15, 0.2) is 60.7 Å². The zero-order chi connectivity index (χ0) is 31.6. The highest BCUT2D eigenvalue weighted by Gasteiger charge is 2.30. The van der Waals surface area contributed by atoms with E-state index in [1.807, 2.05) is 44.1 Å². The fourth-order valence-corrected chi connectivity index (χ4v) is 4.51. The molecule has 1 heterocycles. The average molecular weight is 622 g/mol. The Hall–Kier alpha value is -4.61. The fraction of sp³-hybridized carbons (Fsp3) is 0.312. The molecule has 232 valence electrons. The lowest BCUT2D eigenvalue weighted by Gasteiger charge is -2.18. The lowest BCUT2D eigenvalue weighted by atomic mass is 10.1. The fourth-order valence-electron chi connectivity index (χ4n) is 4.39. The molecule has 3 aromatic rings. The van der Waals surface area contributed by atoms with E-state index < -0.39 is 23.8 Å². The van der Waals surface area contributed by atoms with E-state index in [2.05, 4.69) is 21.3 Å². The molecule has 3 aromatic carbocycles. The summed E-state index contributed by atoms with van der Waals surface area (Å²) in [5.41, 5.74) is 2.30. The molecule has 0 bridgehead atoms. The molecular weight excluding hydrogens is 586 g/mol. The van der Waals surface area contributed by atoms with Crippen LogP contribution in [0.3, 0.4) is 0 Å². The Morgan fingerprint density at radius 3 is 2.52 bits per heavy atom. The van der Waals surface area contributed by atoms with Crippen molar-refractivity contribution in [2.45, 2.75) is 38.8 Å². The summed E-state index contributed by atoms with van der Waals surface area (Å²) in [6, 6.07) is 16.4. The molecule has 4 amide bonds. The smallest absolute Gasteiger partial charge is 0.254 e. The summed E-state index contributed by atoms with van der Waals surface area (Å²) in [5, 5.41) is 11.6. The zero-order valence-corrected chi connectivity index (χ0v) is 25.6. The molecule has 0 saturated heterocycles. The van der Waals surface area contributed by atoms with Gasteiger partial charge in [-0.15, -0.1) is 0 Å². The molecule has 44 heavy (non-hydrogen) atoms. The summed E-state index contributed by atoms with van der Waals surface area (Å²) >= 11 is 5.93. The van der Waals surface area contributed by atoms with Crippen LogP contribution in [0.1, 0.15) is 42.1 Å². The Bertz CT molecular complexity index is 1510. The Morgan fingerprint density at radius 2 is 1.80 bits per heavy atom. The molecule has 1 aliphatic heterocycles. The number of hydrogen-bond acceptors (Lipinski definition) is 7. The highest BCUT2D eigenvalue weighted by molar-refractivity contribution is 6.30. The highest BCUT2D eigenvalue weighted by atomic mass is 35.5. The van der Waals surface area contributed by atoms with Gasteiger partial charge in [0.15, 0.2) is 5.75 Å². The molecule has 1 aliphatic rings. The number of ether oxygens (including phenoxy) is 2. The highest BCUT2D eigenvalue weighted by Crippen LogP contribution is 2.37. The van der Waals surface area contributed by atoms with Crippen LogP contribution >= 0.6 is 11.6 Å². The van der Waals surface area contributed by atoms with Crippen molar-refractivity contribution < 1.29 is 28.7 Å². The van der Waals surface area contributed by atoms with Crippen LogP contribution in [0.25, 0.3) is 0 Å². The molecule has 0 saturated carbocycles. The first-order valence-electron chi connectivity index (χ1n) is 14.3. The van der Waals surface area contributed by atoms with Crippen LogP contribution in [0, 0.1) is 0 Å². The van der Waals surface area contributed by atoms with Gasteiger partial charge in [0.25, 0.3) is 5.91 Å². The number of halogens is 1. The van der Waals surface area contributed by atoms with Gasteiger partial charge in [0.05, 0.1) is 23.5 Å². The van der Waals surface area contributed by atoms with Crippen molar-refractivity contribution in [3.05, 3.63) is 76.8 Å². The van der Waals surface area contributed by atoms with Crippen molar-refractivity contribution in [1.29, 1.82) is 0 Å². The topological polar surface area (TPSA) is 138 Å². The minimum Gasteiger partial charge on any atom is -0.455 e. The molecular formula is C32H36ClN5O6. The second-order valence-corrected chi connectivity index (χ2v) is 10.9. The van der Waals surface area contributed by atoms with Gasteiger partial charge in [-0.05, 0) is 54.8 Å². The van der Waals surface area contributed by atoms with E-state index >= 15 is 0 Å². The van der Waals surface area contributed by atoms with E-state index in [-0.39, 0.29) is 54.7 Å². The second-order valence-electron chi connectivity index (χ2n) is 10.5. The van der Waals surface area contributed by atoms with E-state index in [1.54, 1.807) is 30.3 Å². The Balaban J connectivity index is 1.55. The van der Waals surface area contributed by atoms with E-state index in [0.29, 0.717) is 17.3 Å². The number of benzene rings is 3. The molecule has 0 aliphatic carbocycles. The second kappa shape index (κ2) is 15.2. The number of nitrogens with one attached hydrogen (secondary N) is 4. The number of amides is 4. The Kier molecular flexibility index (Phi) is 11.2. The maximum absolute atomic E-state index is 13.3. The van der Waals surface area contributed by atoms with Crippen LogP contribution in [0.4, 0.5) is 17.1 Å². The number of nitrogens with zero attached hydrogens (tertiary/aromatic N) is 1. The number of carbonyl (C=O) groups is 4. The van der Waals surface area contributed by atoms with Crippen molar-refractivity contribution in [2.75, 3.05) is 42.8 Å². The van der Waals surface area contributed by atoms with Gasteiger partial charge in [-0.2, -0.15) is 0 Å². The summed E-state index contributed by atoms with van der Waals surface area (Å²) in [5.74, 6) is -1.00. The summed E-state index contributed by atoms with van der Waals surface area (Å²) in [4.78, 5) is 53.3. The Labute approximate surface area is 261 Å². The van der Waals surface area contributed by atoms with Crippen molar-refractivity contribution in [3.8, 4) is 11.5 Å². The van der Waals surface area contributed by atoms with Crippen LogP contribution < -0.4 is 30.9 Å². The maximum atomic E-state index is 13.3. The van der Waals surface area contributed by atoms with Crippen molar-refractivity contribution in [1.82, 2.24) is 10.6 Å². The van der Waals surface area contributed by atoms with Gasteiger partial charge in [-0.25, -0.2) is 0 Å². The van der Waals surface area contributed by atoms with Crippen LogP contribution in [0.5, 0.6) is 11.5 Å². The van der Waals surface area contributed by atoms with Crippen LogP contribution in [-0.4, -0.2) is 56.9 Å². The average Bonchev–Trinajstić information content (AvgIpc) is 3.11. The molecule has 1 atom stereocenters. The number of fused-ring (bicyclic) bond motifs is 1. The molecule has 4 rings (SSSR count). The first-order valence-corrected chi connectivity index (χ1v) is 14.6. The van der Waals surface area contributed by atoms with Gasteiger partial charge >= 0.3 is 0 Å². The van der Waals surface area contributed by atoms with Gasteiger partial charge in [-0.1, -0.05) is 36.7 Å². The van der Waals surface area contributed by atoms with E-state index in [9.17, 15) is 19.2 Å². The van der Waals surface area contributed by atoms with Crippen molar-refractivity contribution in [3.63, 3.8) is 0 Å². The third-order valence-corrected chi connectivity index (χ3v) is 6.98. The van der Waals surface area contributed by atoms with Gasteiger partial charge in [0, 0.05) is 43.8 Å². The largest absolute Gasteiger partial charge is 0.455 e. The number of hydrogen-bond donors (Lipinski definition) is 4. The van der Waals surface area contributed by atoms with Gasteiger partial charge < -0.3 is 35.6 Å². The van der Waals surface area contributed by atoms with Gasteiger partial charge in [0.1, 0.15) is 18.4 Å². The molecule has 0 spiro atoms. The third kappa shape index (κ3) is 8.95. The first kappa shape index (κ1) is 32.3. The normalized spacial score (nSPS) is 14.0. The maximum Gasteiger partial charge on any atom is 0.254 e. The number of carbonyl (C=O) groups excluding carboxylic acids is 4. The van der Waals surface area contributed by atoms with Crippen molar-refractivity contribution in [2.24, 2.45) is 0 Å². The molecule has 0 aromatic heterocycles. The quantitative estimate of drug-likeness (QED) is 0.217. The molecule has 4 N–H and O–H groups in total. The van der Waals surface area contributed by atoms with Gasteiger partial charge in [-0.3, -0.25) is 19.2 Å². The number of anilines is 3. The lowest BCUT2D eigenvalue weighted by Crippen LogP contribution is -2.42. The summed E-state index contributed by atoms with van der Waals surface area (Å²) in [6.07, 6.45) is 0.984. The SMILES string of the molecule is CCCNC(=O)CC[C@H]1NC(=O)c2cc(Oc3cccc(N(C)C)c3)c(NC(=O)COCc3ccc(Cl)cc3)cc2NC1=O. The van der Waals surface area contributed by atoms with Gasteiger partial charge in [0.2, 0.25) is 17.7 Å². The molecule has 0 radical (unpaired) electrons. The predicted octanol–water partition coefficient (Wildman–Crippen LogP) is 4.71. The predicted molar refractivity (Wildman–Crippen MR) is 169 cm³/mol. The van der Waals surface area contributed by atoms with E-state index in [0.717, 1.165) is 17.7 Å². The molecule has 0 fully saturated rings. The lowest BCUT2D eigenvalue weighted by molar-refractivity contribution is -0.122. The molecule has 12 heteroatoms.